The highest BCUT2D eigenvalue weighted by molar-refractivity contribution is 7.16. The van der Waals surface area contributed by atoms with Crippen LogP contribution in [-0.2, 0) is 7.05 Å². The standard InChI is InChI=1S/C15H11Cl2N3S/c1-20-12-7-2-3-8-13(12)21-15(20)19-18-9-10-5-4-6-11(16)14(10)17/h2-9H,1H3. The highest BCUT2D eigenvalue weighted by atomic mass is 35.5. The van der Waals surface area contributed by atoms with E-state index in [4.69, 9.17) is 23.2 Å². The predicted molar refractivity (Wildman–Crippen MR) is 90.4 cm³/mol. The van der Waals surface area contributed by atoms with Gasteiger partial charge in [-0.15, -0.1) is 5.10 Å². The quantitative estimate of drug-likeness (QED) is 0.488. The van der Waals surface area contributed by atoms with Crippen LogP contribution >= 0.6 is 34.5 Å². The number of para-hydroxylation sites is 1. The Hall–Kier alpha value is -1.62. The van der Waals surface area contributed by atoms with Gasteiger partial charge in [0, 0.05) is 12.6 Å². The topological polar surface area (TPSA) is 29.6 Å². The summed E-state index contributed by atoms with van der Waals surface area (Å²) in [7, 11) is 1.97. The van der Waals surface area contributed by atoms with Gasteiger partial charge in [0.05, 0.1) is 26.5 Å². The third kappa shape index (κ3) is 2.88. The van der Waals surface area contributed by atoms with E-state index in [1.807, 2.05) is 35.9 Å². The minimum absolute atomic E-state index is 0.485. The molecule has 0 fully saturated rings. The number of benzene rings is 2. The lowest BCUT2D eigenvalue weighted by molar-refractivity contribution is 0.889. The van der Waals surface area contributed by atoms with E-state index in [2.05, 4.69) is 22.3 Å². The number of aryl methyl sites for hydroxylation is 1. The Bertz CT molecular complexity index is 893. The molecular formula is C15H11Cl2N3S. The first-order chi connectivity index (χ1) is 10.2. The number of fused-ring (bicyclic) bond motifs is 1. The summed E-state index contributed by atoms with van der Waals surface area (Å²) in [6.07, 6.45) is 1.61. The molecule has 0 aliphatic carbocycles. The molecule has 1 heterocycles. The number of aromatic nitrogens is 1. The van der Waals surface area contributed by atoms with Gasteiger partial charge in [-0.2, -0.15) is 5.10 Å². The second kappa shape index (κ2) is 6.02. The van der Waals surface area contributed by atoms with Gasteiger partial charge < -0.3 is 4.57 Å². The maximum Gasteiger partial charge on any atom is 0.211 e. The zero-order chi connectivity index (χ0) is 14.8. The van der Waals surface area contributed by atoms with Gasteiger partial charge in [-0.1, -0.05) is 58.8 Å². The SMILES string of the molecule is Cn1c(=NN=Cc2cccc(Cl)c2Cl)sc2ccccc21. The first-order valence-corrected chi connectivity index (χ1v) is 7.79. The van der Waals surface area contributed by atoms with Crippen LogP contribution in [-0.4, -0.2) is 10.8 Å². The van der Waals surface area contributed by atoms with Crippen molar-refractivity contribution in [1.29, 1.82) is 0 Å². The second-order valence-electron chi connectivity index (χ2n) is 4.40. The molecule has 106 valence electrons. The Kier molecular flexibility index (Phi) is 4.10. The van der Waals surface area contributed by atoms with Gasteiger partial charge in [0.2, 0.25) is 4.80 Å². The van der Waals surface area contributed by atoms with Crippen molar-refractivity contribution in [2.24, 2.45) is 17.3 Å². The zero-order valence-electron chi connectivity index (χ0n) is 11.1. The molecule has 0 saturated heterocycles. The van der Waals surface area contributed by atoms with Crippen molar-refractivity contribution >= 4 is 51.0 Å². The van der Waals surface area contributed by atoms with Crippen LogP contribution in [0.5, 0.6) is 0 Å². The third-order valence-electron chi connectivity index (χ3n) is 3.04. The summed E-state index contributed by atoms with van der Waals surface area (Å²) >= 11 is 13.7. The lowest BCUT2D eigenvalue weighted by Gasteiger charge is -1.97. The fourth-order valence-corrected chi connectivity index (χ4v) is 3.27. The molecule has 0 amide bonds. The molecule has 3 aromatic rings. The van der Waals surface area contributed by atoms with Crippen molar-refractivity contribution < 1.29 is 0 Å². The molecule has 1 aromatic heterocycles. The van der Waals surface area contributed by atoms with Crippen molar-refractivity contribution in [3.05, 3.63) is 62.9 Å². The summed E-state index contributed by atoms with van der Waals surface area (Å²) in [6, 6.07) is 13.6. The summed E-state index contributed by atoms with van der Waals surface area (Å²) in [5.74, 6) is 0. The van der Waals surface area contributed by atoms with Gasteiger partial charge in [-0.25, -0.2) is 0 Å². The monoisotopic (exact) mass is 335 g/mol. The van der Waals surface area contributed by atoms with E-state index in [-0.39, 0.29) is 0 Å². The summed E-state index contributed by atoms with van der Waals surface area (Å²) in [5, 5.41) is 9.37. The molecular weight excluding hydrogens is 325 g/mol. The fraction of sp³-hybridized carbons (Fsp3) is 0.0667. The minimum Gasteiger partial charge on any atom is -0.318 e. The molecule has 0 spiro atoms. The molecule has 0 unspecified atom stereocenters. The Morgan fingerprint density at radius 1 is 1.10 bits per heavy atom. The molecule has 3 nitrogen and oxygen atoms in total. The molecule has 2 aromatic carbocycles. The summed E-state index contributed by atoms with van der Waals surface area (Å²) in [5.41, 5.74) is 1.88. The maximum atomic E-state index is 6.10. The third-order valence-corrected chi connectivity index (χ3v) is 4.97. The molecule has 21 heavy (non-hydrogen) atoms. The molecule has 0 atom stereocenters. The molecule has 6 heteroatoms. The van der Waals surface area contributed by atoms with Crippen LogP contribution in [0.2, 0.25) is 10.0 Å². The van der Waals surface area contributed by atoms with Gasteiger partial charge in [-0.3, -0.25) is 0 Å². The molecule has 0 saturated carbocycles. The Balaban J connectivity index is 1.99. The highest BCUT2D eigenvalue weighted by Crippen LogP contribution is 2.24. The van der Waals surface area contributed by atoms with E-state index in [9.17, 15) is 0 Å². The van der Waals surface area contributed by atoms with Crippen molar-refractivity contribution in [3.8, 4) is 0 Å². The number of hydrogen-bond acceptors (Lipinski definition) is 3. The van der Waals surface area contributed by atoms with E-state index in [0.29, 0.717) is 10.0 Å². The van der Waals surface area contributed by atoms with Gasteiger partial charge in [0.15, 0.2) is 0 Å². The number of hydrogen-bond donors (Lipinski definition) is 0. The number of nitrogens with zero attached hydrogens (tertiary/aromatic N) is 3. The predicted octanol–water partition coefficient (Wildman–Crippen LogP) is 4.48. The van der Waals surface area contributed by atoms with E-state index < -0.39 is 0 Å². The van der Waals surface area contributed by atoms with Gasteiger partial charge in [0.1, 0.15) is 0 Å². The van der Waals surface area contributed by atoms with E-state index in [1.54, 1.807) is 23.6 Å². The summed E-state index contributed by atoms with van der Waals surface area (Å²) < 4.78 is 3.19. The first-order valence-electron chi connectivity index (χ1n) is 6.22. The normalized spacial score (nSPS) is 12.6. The molecule has 3 rings (SSSR count). The highest BCUT2D eigenvalue weighted by Gasteiger charge is 2.02. The smallest absolute Gasteiger partial charge is 0.211 e. The number of halogens is 2. The molecule has 0 aliphatic rings. The number of rotatable bonds is 2. The van der Waals surface area contributed by atoms with Gasteiger partial charge >= 0.3 is 0 Å². The van der Waals surface area contributed by atoms with E-state index >= 15 is 0 Å². The van der Waals surface area contributed by atoms with Gasteiger partial charge in [0.25, 0.3) is 0 Å². The van der Waals surface area contributed by atoms with Crippen molar-refractivity contribution in [2.75, 3.05) is 0 Å². The molecule has 0 bridgehead atoms. The van der Waals surface area contributed by atoms with Crippen LogP contribution in [0.3, 0.4) is 0 Å². The molecule has 0 aliphatic heterocycles. The lowest BCUT2D eigenvalue weighted by atomic mass is 10.2. The van der Waals surface area contributed by atoms with E-state index in [1.165, 1.54) is 4.70 Å². The Morgan fingerprint density at radius 3 is 2.71 bits per heavy atom. The Morgan fingerprint density at radius 2 is 1.90 bits per heavy atom. The minimum atomic E-state index is 0.485. The maximum absolute atomic E-state index is 6.10. The molecule has 0 N–H and O–H groups in total. The first kappa shape index (κ1) is 14.3. The van der Waals surface area contributed by atoms with Crippen LogP contribution in [0.4, 0.5) is 0 Å². The van der Waals surface area contributed by atoms with E-state index in [0.717, 1.165) is 15.9 Å². The van der Waals surface area contributed by atoms with Crippen molar-refractivity contribution in [3.63, 3.8) is 0 Å². The van der Waals surface area contributed by atoms with Crippen LogP contribution in [0, 0.1) is 0 Å². The average Bonchev–Trinajstić information content (AvgIpc) is 2.81. The number of thiazole rings is 1. The lowest BCUT2D eigenvalue weighted by Crippen LogP contribution is -2.08. The summed E-state index contributed by atoms with van der Waals surface area (Å²) in [4.78, 5) is 0.825. The van der Waals surface area contributed by atoms with Crippen LogP contribution in [0.25, 0.3) is 10.2 Å². The van der Waals surface area contributed by atoms with Crippen molar-refractivity contribution in [2.45, 2.75) is 0 Å². The fourth-order valence-electron chi connectivity index (χ4n) is 1.94. The average molecular weight is 336 g/mol. The van der Waals surface area contributed by atoms with Crippen LogP contribution < -0.4 is 4.80 Å². The largest absolute Gasteiger partial charge is 0.318 e. The van der Waals surface area contributed by atoms with Crippen molar-refractivity contribution in [1.82, 2.24) is 4.57 Å². The second-order valence-corrected chi connectivity index (χ2v) is 6.19. The van der Waals surface area contributed by atoms with Crippen LogP contribution in [0.1, 0.15) is 5.56 Å². The summed E-state index contributed by atoms with van der Waals surface area (Å²) in [6.45, 7) is 0. The van der Waals surface area contributed by atoms with Crippen LogP contribution in [0.15, 0.2) is 52.7 Å². The zero-order valence-corrected chi connectivity index (χ0v) is 13.5. The molecule has 0 radical (unpaired) electrons. The Labute approximate surface area is 135 Å². The van der Waals surface area contributed by atoms with Gasteiger partial charge in [-0.05, 0) is 18.2 Å².